The van der Waals surface area contributed by atoms with E-state index in [2.05, 4.69) is 20.8 Å². The van der Waals surface area contributed by atoms with Crippen LogP contribution in [-0.2, 0) is 19.1 Å². The molecular weight excluding hydrogens is 256 g/mol. The van der Waals surface area contributed by atoms with Gasteiger partial charge in [0, 0.05) is 12.8 Å². The van der Waals surface area contributed by atoms with Crippen LogP contribution in [0.25, 0.3) is 0 Å². The Balaban J connectivity index is 3.44. The number of ether oxygens (including phenoxy) is 2. The minimum atomic E-state index is -0.216. The van der Waals surface area contributed by atoms with Gasteiger partial charge in [0.25, 0.3) is 0 Å². The highest BCUT2D eigenvalue weighted by Crippen LogP contribution is 2.07. The van der Waals surface area contributed by atoms with Crippen molar-refractivity contribution in [2.24, 2.45) is 5.92 Å². The molecule has 0 fully saturated rings. The fourth-order valence-electron chi connectivity index (χ4n) is 1.64. The molecule has 0 amide bonds. The number of hydrogen-bond donors (Lipinski definition) is 0. The summed E-state index contributed by atoms with van der Waals surface area (Å²) < 4.78 is 10.2. The molecule has 0 bridgehead atoms. The first-order valence-corrected chi connectivity index (χ1v) is 7.91. The summed E-state index contributed by atoms with van der Waals surface area (Å²) in [5, 5.41) is 0. The fourth-order valence-corrected chi connectivity index (χ4v) is 1.64. The third-order valence-corrected chi connectivity index (χ3v) is 3.34. The topological polar surface area (TPSA) is 52.6 Å². The molecule has 0 aromatic heterocycles. The Morgan fingerprint density at radius 2 is 1.50 bits per heavy atom. The van der Waals surface area contributed by atoms with E-state index in [0.717, 1.165) is 32.1 Å². The summed E-state index contributed by atoms with van der Waals surface area (Å²) in [7, 11) is 0. The van der Waals surface area contributed by atoms with E-state index < -0.39 is 0 Å². The lowest BCUT2D eigenvalue weighted by Gasteiger charge is -2.09. The summed E-state index contributed by atoms with van der Waals surface area (Å²) in [4.78, 5) is 22.8. The fraction of sp³-hybridized carbons (Fsp3) is 0.875. The van der Waals surface area contributed by atoms with Crippen LogP contribution in [0.15, 0.2) is 0 Å². The zero-order chi connectivity index (χ0) is 15.2. The normalized spacial score (nSPS) is 11.9. The van der Waals surface area contributed by atoms with Gasteiger partial charge in [0.1, 0.15) is 0 Å². The molecule has 0 saturated heterocycles. The Kier molecular flexibility index (Phi) is 12.3. The number of carbonyl (C=O) groups excluding carboxylic acids is 2. The van der Waals surface area contributed by atoms with Crippen molar-refractivity contribution in [1.29, 1.82) is 0 Å². The van der Waals surface area contributed by atoms with Crippen LogP contribution in [0.5, 0.6) is 0 Å². The van der Waals surface area contributed by atoms with Crippen molar-refractivity contribution in [3.8, 4) is 0 Å². The van der Waals surface area contributed by atoms with Gasteiger partial charge in [-0.05, 0) is 25.2 Å². The summed E-state index contributed by atoms with van der Waals surface area (Å²) in [5.41, 5.74) is 0. The van der Waals surface area contributed by atoms with E-state index in [1.54, 1.807) is 0 Å². The van der Waals surface area contributed by atoms with Crippen molar-refractivity contribution in [1.82, 2.24) is 0 Å². The monoisotopic (exact) mass is 286 g/mol. The number of carbonyl (C=O) groups is 2. The second-order valence-electron chi connectivity index (χ2n) is 5.30. The maximum absolute atomic E-state index is 11.4. The second kappa shape index (κ2) is 12.9. The molecular formula is C16H30O4. The highest BCUT2D eigenvalue weighted by Gasteiger charge is 2.08. The van der Waals surface area contributed by atoms with E-state index in [0.29, 0.717) is 38.4 Å². The summed E-state index contributed by atoms with van der Waals surface area (Å²) in [6.45, 7) is 7.34. The van der Waals surface area contributed by atoms with E-state index in [-0.39, 0.29) is 11.9 Å². The van der Waals surface area contributed by atoms with Gasteiger partial charge in [0.15, 0.2) is 0 Å². The highest BCUT2D eigenvalue weighted by atomic mass is 16.5. The van der Waals surface area contributed by atoms with Gasteiger partial charge in [-0.15, -0.1) is 0 Å². The SMILES string of the molecule is CCCCCOC(=O)CCCC(=O)OCCC(C)CC. The summed E-state index contributed by atoms with van der Waals surface area (Å²) in [6, 6.07) is 0. The number of hydrogen-bond acceptors (Lipinski definition) is 4. The Morgan fingerprint density at radius 3 is 2.05 bits per heavy atom. The number of esters is 2. The summed E-state index contributed by atoms with van der Waals surface area (Å²) in [6.07, 6.45) is 6.21. The molecule has 0 rings (SSSR count). The molecule has 0 spiro atoms. The van der Waals surface area contributed by atoms with Crippen molar-refractivity contribution in [3.05, 3.63) is 0 Å². The lowest BCUT2D eigenvalue weighted by molar-refractivity contribution is -0.145. The standard InChI is InChI=1S/C16H30O4/c1-4-6-7-12-19-15(17)9-8-10-16(18)20-13-11-14(3)5-2/h14H,4-13H2,1-3H3. The Hall–Kier alpha value is -1.06. The van der Waals surface area contributed by atoms with Crippen LogP contribution in [0.4, 0.5) is 0 Å². The first-order chi connectivity index (χ1) is 9.60. The van der Waals surface area contributed by atoms with E-state index in [1.165, 1.54) is 0 Å². The van der Waals surface area contributed by atoms with Gasteiger partial charge >= 0.3 is 11.9 Å². The van der Waals surface area contributed by atoms with E-state index in [9.17, 15) is 9.59 Å². The lowest BCUT2D eigenvalue weighted by Crippen LogP contribution is -2.10. The quantitative estimate of drug-likeness (QED) is 0.404. The molecule has 1 unspecified atom stereocenters. The number of rotatable bonds is 12. The van der Waals surface area contributed by atoms with E-state index >= 15 is 0 Å². The molecule has 0 aliphatic heterocycles. The summed E-state index contributed by atoms with van der Waals surface area (Å²) >= 11 is 0. The van der Waals surface area contributed by atoms with Crippen molar-refractivity contribution in [2.45, 2.75) is 72.1 Å². The molecule has 0 radical (unpaired) electrons. The molecule has 0 aliphatic carbocycles. The minimum Gasteiger partial charge on any atom is -0.466 e. The molecule has 20 heavy (non-hydrogen) atoms. The third kappa shape index (κ3) is 12.0. The summed E-state index contributed by atoms with van der Waals surface area (Å²) in [5.74, 6) is 0.154. The average Bonchev–Trinajstić information content (AvgIpc) is 2.43. The van der Waals surface area contributed by atoms with Crippen LogP contribution >= 0.6 is 0 Å². The third-order valence-electron chi connectivity index (χ3n) is 3.34. The van der Waals surface area contributed by atoms with Crippen LogP contribution in [0.2, 0.25) is 0 Å². The predicted molar refractivity (Wildman–Crippen MR) is 79.4 cm³/mol. The highest BCUT2D eigenvalue weighted by molar-refractivity contribution is 5.72. The van der Waals surface area contributed by atoms with Crippen molar-refractivity contribution < 1.29 is 19.1 Å². The minimum absolute atomic E-state index is 0.214. The zero-order valence-electron chi connectivity index (χ0n) is 13.3. The maximum atomic E-state index is 11.4. The zero-order valence-corrected chi connectivity index (χ0v) is 13.3. The average molecular weight is 286 g/mol. The Bertz CT molecular complexity index is 263. The van der Waals surface area contributed by atoms with Crippen LogP contribution < -0.4 is 0 Å². The smallest absolute Gasteiger partial charge is 0.305 e. The molecule has 118 valence electrons. The molecule has 4 nitrogen and oxygen atoms in total. The van der Waals surface area contributed by atoms with Gasteiger partial charge in [-0.1, -0.05) is 40.0 Å². The lowest BCUT2D eigenvalue weighted by atomic mass is 10.1. The largest absolute Gasteiger partial charge is 0.466 e. The number of unbranched alkanes of at least 4 members (excludes halogenated alkanes) is 2. The van der Waals surface area contributed by atoms with Gasteiger partial charge < -0.3 is 9.47 Å². The van der Waals surface area contributed by atoms with E-state index in [1.807, 2.05) is 0 Å². The molecule has 0 aliphatic rings. The van der Waals surface area contributed by atoms with Gasteiger partial charge in [-0.3, -0.25) is 9.59 Å². The van der Waals surface area contributed by atoms with Crippen LogP contribution in [0.3, 0.4) is 0 Å². The first-order valence-electron chi connectivity index (χ1n) is 7.91. The van der Waals surface area contributed by atoms with Gasteiger partial charge in [-0.2, -0.15) is 0 Å². The van der Waals surface area contributed by atoms with Crippen molar-refractivity contribution >= 4 is 11.9 Å². The van der Waals surface area contributed by atoms with Gasteiger partial charge in [0.2, 0.25) is 0 Å². The first kappa shape index (κ1) is 18.9. The molecule has 4 heteroatoms. The molecule has 0 saturated carbocycles. The molecule has 0 N–H and O–H groups in total. The Labute approximate surface area is 123 Å². The van der Waals surface area contributed by atoms with Crippen LogP contribution in [0, 0.1) is 5.92 Å². The van der Waals surface area contributed by atoms with E-state index in [4.69, 9.17) is 9.47 Å². The van der Waals surface area contributed by atoms with Crippen molar-refractivity contribution in [3.63, 3.8) is 0 Å². The second-order valence-corrected chi connectivity index (χ2v) is 5.30. The predicted octanol–water partition coefficient (Wildman–Crippen LogP) is 3.87. The maximum Gasteiger partial charge on any atom is 0.305 e. The van der Waals surface area contributed by atoms with Crippen LogP contribution in [-0.4, -0.2) is 25.2 Å². The molecule has 0 aromatic carbocycles. The Morgan fingerprint density at radius 1 is 0.900 bits per heavy atom. The molecule has 1 atom stereocenters. The van der Waals surface area contributed by atoms with Gasteiger partial charge in [0.05, 0.1) is 13.2 Å². The van der Waals surface area contributed by atoms with Crippen LogP contribution in [0.1, 0.15) is 72.1 Å². The van der Waals surface area contributed by atoms with Gasteiger partial charge in [-0.25, -0.2) is 0 Å². The van der Waals surface area contributed by atoms with Crippen molar-refractivity contribution in [2.75, 3.05) is 13.2 Å². The molecule has 0 heterocycles. The molecule has 0 aromatic rings.